The van der Waals surface area contributed by atoms with Gasteiger partial charge in [0.25, 0.3) is 0 Å². The van der Waals surface area contributed by atoms with Crippen molar-refractivity contribution < 1.29 is 4.74 Å². The van der Waals surface area contributed by atoms with Gasteiger partial charge in [-0.3, -0.25) is 4.98 Å². The highest BCUT2D eigenvalue weighted by Crippen LogP contribution is 2.28. The molecule has 2 rings (SSSR count). The molecule has 1 heterocycles. The number of benzene rings is 1. The fraction of sp³-hybridized carbons (Fsp3) is 0.214. The Morgan fingerprint density at radius 3 is 2.53 bits per heavy atom. The SMILES string of the molecule is Cc1cc(C)c(C)c(Oc2cncc(N)c2)c1. The fourth-order valence-corrected chi connectivity index (χ4v) is 1.73. The lowest BCUT2D eigenvalue weighted by atomic mass is 10.1. The average Bonchev–Trinajstić information content (AvgIpc) is 2.25. The van der Waals surface area contributed by atoms with Crippen LogP contribution in [0.25, 0.3) is 0 Å². The first kappa shape index (κ1) is 11.5. The molecule has 88 valence electrons. The highest BCUT2D eigenvalue weighted by Gasteiger charge is 2.05. The van der Waals surface area contributed by atoms with Crippen molar-refractivity contribution in [2.75, 3.05) is 5.73 Å². The van der Waals surface area contributed by atoms with Crippen LogP contribution in [0.1, 0.15) is 16.7 Å². The molecule has 0 saturated heterocycles. The zero-order chi connectivity index (χ0) is 12.4. The number of hydrogen-bond donors (Lipinski definition) is 1. The fourth-order valence-electron chi connectivity index (χ4n) is 1.73. The first-order valence-electron chi connectivity index (χ1n) is 5.52. The first-order valence-corrected chi connectivity index (χ1v) is 5.52. The van der Waals surface area contributed by atoms with E-state index >= 15 is 0 Å². The quantitative estimate of drug-likeness (QED) is 0.857. The van der Waals surface area contributed by atoms with Gasteiger partial charge in [-0.2, -0.15) is 0 Å². The second kappa shape index (κ2) is 4.45. The summed E-state index contributed by atoms with van der Waals surface area (Å²) in [7, 11) is 0. The van der Waals surface area contributed by atoms with Crippen LogP contribution in [0, 0.1) is 20.8 Å². The van der Waals surface area contributed by atoms with Crippen LogP contribution in [0.4, 0.5) is 5.69 Å². The molecule has 0 spiro atoms. The van der Waals surface area contributed by atoms with Gasteiger partial charge in [-0.05, 0) is 43.5 Å². The standard InChI is InChI=1S/C14H16N2O/c1-9-4-10(2)11(3)14(5-9)17-13-6-12(15)7-16-8-13/h4-8H,15H2,1-3H3. The van der Waals surface area contributed by atoms with E-state index in [0.717, 1.165) is 11.3 Å². The van der Waals surface area contributed by atoms with Crippen molar-refractivity contribution >= 4 is 5.69 Å². The van der Waals surface area contributed by atoms with E-state index in [1.165, 1.54) is 11.1 Å². The van der Waals surface area contributed by atoms with E-state index in [-0.39, 0.29) is 0 Å². The van der Waals surface area contributed by atoms with Crippen LogP contribution >= 0.6 is 0 Å². The minimum atomic E-state index is 0.601. The molecule has 0 bridgehead atoms. The molecule has 2 N–H and O–H groups in total. The molecule has 0 radical (unpaired) electrons. The number of ether oxygens (including phenoxy) is 1. The number of aryl methyl sites for hydroxylation is 2. The Hall–Kier alpha value is -2.03. The third-order valence-electron chi connectivity index (χ3n) is 2.73. The van der Waals surface area contributed by atoms with Gasteiger partial charge in [-0.15, -0.1) is 0 Å². The number of pyridine rings is 1. The minimum absolute atomic E-state index is 0.601. The number of aromatic nitrogens is 1. The molecule has 2 aromatic rings. The Morgan fingerprint density at radius 2 is 1.82 bits per heavy atom. The van der Waals surface area contributed by atoms with Crippen molar-refractivity contribution in [1.82, 2.24) is 4.98 Å². The predicted molar refractivity (Wildman–Crippen MR) is 69.4 cm³/mol. The van der Waals surface area contributed by atoms with Crippen LogP contribution in [0.5, 0.6) is 11.5 Å². The summed E-state index contributed by atoms with van der Waals surface area (Å²) in [6, 6.07) is 5.93. The summed E-state index contributed by atoms with van der Waals surface area (Å²) in [5, 5.41) is 0. The van der Waals surface area contributed by atoms with Crippen molar-refractivity contribution in [1.29, 1.82) is 0 Å². The Morgan fingerprint density at radius 1 is 1.06 bits per heavy atom. The molecule has 0 fully saturated rings. The van der Waals surface area contributed by atoms with Gasteiger partial charge >= 0.3 is 0 Å². The van der Waals surface area contributed by atoms with Crippen LogP contribution in [0.2, 0.25) is 0 Å². The molecule has 0 aliphatic heterocycles. The molecule has 1 aromatic carbocycles. The van der Waals surface area contributed by atoms with E-state index in [1.54, 1.807) is 18.5 Å². The van der Waals surface area contributed by atoms with Gasteiger partial charge in [-0.1, -0.05) is 6.07 Å². The lowest BCUT2D eigenvalue weighted by Crippen LogP contribution is -1.93. The van der Waals surface area contributed by atoms with Crippen molar-refractivity contribution in [3.63, 3.8) is 0 Å². The topological polar surface area (TPSA) is 48.1 Å². The zero-order valence-electron chi connectivity index (χ0n) is 10.3. The highest BCUT2D eigenvalue weighted by atomic mass is 16.5. The van der Waals surface area contributed by atoms with Crippen molar-refractivity contribution in [2.45, 2.75) is 20.8 Å². The van der Waals surface area contributed by atoms with Gasteiger partial charge in [0, 0.05) is 6.07 Å². The first-order chi connectivity index (χ1) is 8.06. The normalized spacial score (nSPS) is 10.3. The average molecular weight is 228 g/mol. The molecule has 0 aliphatic rings. The summed E-state index contributed by atoms with van der Waals surface area (Å²) in [5.74, 6) is 1.52. The molecule has 0 aliphatic carbocycles. The molecule has 0 amide bonds. The summed E-state index contributed by atoms with van der Waals surface area (Å²) in [6.07, 6.45) is 3.26. The van der Waals surface area contributed by atoms with Crippen LogP contribution in [-0.2, 0) is 0 Å². The van der Waals surface area contributed by atoms with Gasteiger partial charge in [0.1, 0.15) is 11.5 Å². The number of rotatable bonds is 2. The molecular formula is C14H16N2O. The number of anilines is 1. The third kappa shape index (κ3) is 2.56. The maximum atomic E-state index is 5.81. The van der Waals surface area contributed by atoms with Gasteiger partial charge in [0.2, 0.25) is 0 Å². The zero-order valence-corrected chi connectivity index (χ0v) is 10.3. The highest BCUT2D eigenvalue weighted by molar-refractivity contribution is 5.46. The summed E-state index contributed by atoms with van der Waals surface area (Å²) >= 11 is 0. The van der Waals surface area contributed by atoms with E-state index in [0.29, 0.717) is 11.4 Å². The van der Waals surface area contributed by atoms with E-state index < -0.39 is 0 Å². The second-order valence-electron chi connectivity index (χ2n) is 4.26. The van der Waals surface area contributed by atoms with Gasteiger partial charge in [-0.25, -0.2) is 0 Å². The van der Waals surface area contributed by atoms with Crippen molar-refractivity contribution in [2.24, 2.45) is 0 Å². The third-order valence-corrected chi connectivity index (χ3v) is 2.73. The number of nitrogens with two attached hydrogens (primary N) is 1. The van der Waals surface area contributed by atoms with E-state index in [9.17, 15) is 0 Å². The summed E-state index contributed by atoms with van der Waals surface area (Å²) in [6.45, 7) is 6.17. The Balaban J connectivity index is 2.36. The molecule has 0 unspecified atom stereocenters. The van der Waals surface area contributed by atoms with Gasteiger partial charge in [0.15, 0.2) is 0 Å². The number of nitrogen functional groups attached to an aromatic ring is 1. The van der Waals surface area contributed by atoms with Crippen LogP contribution in [0.3, 0.4) is 0 Å². The maximum Gasteiger partial charge on any atom is 0.147 e. The Bertz CT molecular complexity index is 550. The van der Waals surface area contributed by atoms with E-state index in [4.69, 9.17) is 10.5 Å². The van der Waals surface area contributed by atoms with E-state index in [1.807, 2.05) is 13.0 Å². The Kier molecular flexibility index (Phi) is 3.00. The van der Waals surface area contributed by atoms with Crippen LogP contribution in [-0.4, -0.2) is 4.98 Å². The van der Waals surface area contributed by atoms with Crippen LogP contribution in [0.15, 0.2) is 30.6 Å². The maximum absolute atomic E-state index is 5.81. The molecule has 3 nitrogen and oxygen atoms in total. The van der Waals surface area contributed by atoms with Gasteiger partial charge < -0.3 is 10.5 Å². The Labute approximate surface area is 101 Å². The summed E-state index contributed by atoms with van der Waals surface area (Å²) in [4.78, 5) is 4.00. The smallest absolute Gasteiger partial charge is 0.147 e. The molecule has 0 saturated carbocycles. The molecule has 0 atom stereocenters. The molecular weight excluding hydrogens is 212 g/mol. The molecule has 1 aromatic heterocycles. The minimum Gasteiger partial charge on any atom is -0.455 e. The monoisotopic (exact) mass is 228 g/mol. The largest absolute Gasteiger partial charge is 0.455 e. The van der Waals surface area contributed by atoms with Crippen molar-refractivity contribution in [3.05, 3.63) is 47.3 Å². The molecule has 3 heteroatoms. The number of nitrogens with zero attached hydrogens (tertiary/aromatic N) is 1. The molecule has 17 heavy (non-hydrogen) atoms. The lowest BCUT2D eigenvalue weighted by molar-refractivity contribution is 0.476. The number of hydrogen-bond acceptors (Lipinski definition) is 3. The van der Waals surface area contributed by atoms with Crippen molar-refractivity contribution in [3.8, 4) is 11.5 Å². The van der Waals surface area contributed by atoms with E-state index in [2.05, 4.69) is 24.9 Å². The lowest BCUT2D eigenvalue weighted by Gasteiger charge is -2.12. The summed E-state index contributed by atoms with van der Waals surface area (Å²) in [5.41, 5.74) is 9.81. The van der Waals surface area contributed by atoms with Crippen LogP contribution < -0.4 is 10.5 Å². The van der Waals surface area contributed by atoms with Gasteiger partial charge in [0.05, 0.1) is 18.1 Å². The second-order valence-corrected chi connectivity index (χ2v) is 4.26. The summed E-state index contributed by atoms with van der Waals surface area (Å²) < 4.78 is 5.81. The predicted octanol–water partition coefficient (Wildman–Crippen LogP) is 3.38.